The van der Waals surface area contributed by atoms with Crippen LogP contribution in [0, 0.1) is 0 Å². The first-order valence-corrected chi connectivity index (χ1v) is 11.8. The molecule has 3 rings (SSSR count). The third kappa shape index (κ3) is 6.53. The maximum Gasteiger partial charge on any atom is 0.254 e. The molecule has 0 radical (unpaired) electrons. The van der Waals surface area contributed by atoms with Crippen LogP contribution in [0.15, 0.2) is 36.4 Å². The molecule has 1 heterocycles. The van der Waals surface area contributed by atoms with Crippen molar-refractivity contribution in [2.75, 3.05) is 51.4 Å². The van der Waals surface area contributed by atoms with E-state index in [2.05, 4.69) is 10.2 Å². The second-order valence-corrected chi connectivity index (χ2v) is 9.12. The zero-order valence-electron chi connectivity index (χ0n) is 17.5. The largest absolute Gasteiger partial charge is 0.495 e. The van der Waals surface area contributed by atoms with Gasteiger partial charge in [0, 0.05) is 47.5 Å². The van der Waals surface area contributed by atoms with Crippen LogP contribution in [0.25, 0.3) is 0 Å². The van der Waals surface area contributed by atoms with Crippen LogP contribution in [0.1, 0.15) is 15.9 Å². The number of hydrogen-bond acceptors (Lipinski definition) is 5. The monoisotopic (exact) mass is 481 g/mol. The highest BCUT2D eigenvalue weighted by atomic mass is 35.5. The zero-order valence-corrected chi connectivity index (χ0v) is 19.8. The molecule has 2 amide bonds. The summed E-state index contributed by atoms with van der Waals surface area (Å²) in [6, 6.07) is 10.4. The van der Waals surface area contributed by atoms with E-state index in [1.165, 1.54) is 18.9 Å². The predicted octanol–water partition coefficient (Wildman–Crippen LogP) is 4.26. The van der Waals surface area contributed by atoms with Gasteiger partial charge in [-0.2, -0.15) is 0 Å². The van der Waals surface area contributed by atoms with Crippen molar-refractivity contribution in [1.29, 1.82) is 0 Å². The summed E-state index contributed by atoms with van der Waals surface area (Å²) in [5, 5.41) is 4.02. The van der Waals surface area contributed by atoms with Gasteiger partial charge in [-0.1, -0.05) is 29.3 Å². The SMILES string of the molecule is COc1ccc(C(=O)N2CCN(C)CC2)cc1NC(=O)CSCc1ccc(Cl)cc1Cl. The Bertz CT molecular complexity index is 950. The number of ether oxygens (including phenoxy) is 1. The molecule has 2 aromatic rings. The van der Waals surface area contributed by atoms with Crippen LogP contribution in [0.5, 0.6) is 5.75 Å². The third-order valence-corrected chi connectivity index (χ3v) is 6.59. The number of anilines is 1. The summed E-state index contributed by atoms with van der Waals surface area (Å²) in [6.45, 7) is 3.07. The molecule has 6 nitrogen and oxygen atoms in total. The molecule has 1 aliphatic heterocycles. The number of hydrogen-bond donors (Lipinski definition) is 1. The van der Waals surface area contributed by atoms with Gasteiger partial charge in [0.2, 0.25) is 5.91 Å². The van der Waals surface area contributed by atoms with Gasteiger partial charge >= 0.3 is 0 Å². The van der Waals surface area contributed by atoms with Crippen molar-refractivity contribution in [2.45, 2.75) is 5.75 Å². The highest BCUT2D eigenvalue weighted by Crippen LogP contribution is 2.28. The lowest BCUT2D eigenvalue weighted by atomic mass is 10.1. The Morgan fingerprint density at radius 3 is 2.52 bits per heavy atom. The predicted molar refractivity (Wildman–Crippen MR) is 128 cm³/mol. The van der Waals surface area contributed by atoms with E-state index in [1.807, 2.05) is 18.0 Å². The van der Waals surface area contributed by atoms with Gasteiger partial charge in [0.1, 0.15) is 5.75 Å². The molecule has 1 saturated heterocycles. The van der Waals surface area contributed by atoms with Gasteiger partial charge < -0.3 is 19.9 Å². The molecule has 2 aromatic carbocycles. The fourth-order valence-electron chi connectivity index (χ4n) is 3.21. The average molecular weight is 482 g/mol. The summed E-state index contributed by atoms with van der Waals surface area (Å²) >= 11 is 13.5. The molecule has 0 saturated carbocycles. The number of halogens is 2. The third-order valence-electron chi connectivity index (χ3n) is 5.02. The molecule has 31 heavy (non-hydrogen) atoms. The zero-order chi connectivity index (χ0) is 22.4. The summed E-state index contributed by atoms with van der Waals surface area (Å²) in [6.07, 6.45) is 0. The van der Waals surface area contributed by atoms with E-state index in [9.17, 15) is 9.59 Å². The van der Waals surface area contributed by atoms with Gasteiger partial charge in [0.25, 0.3) is 5.91 Å². The van der Waals surface area contributed by atoms with Crippen molar-refractivity contribution in [3.05, 3.63) is 57.6 Å². The first-order valence-electron chi connectivity index (χ1n) is 9.84. The number of nitrogens with zero attached hydrogens (tertiary/aromatic N) is 2. The topological polar surface area (TPSA) is 61.9 Å². The fourth-order valence-corrected chi connectivity index (χ4v) is 4.60. The number of likely N-dealkylation sites (N-methyl/N-ethyl adjacent to an activating group) is 1. The van der Waals surface area contributed by atoms with E-state index >= 15 is 0 Å². The van der Waals surface area contributed by atoms with Crippen LogP contribution >= 0.6 is 35.0 Å². The molecule has 1 N–H and O–H groups in total. The number of nitrogens with one attached hydrogen (secondary N) is 1. The van der Waals surface area contributed by atoms with Gasteiger partial charge in [-0.15, -0.1) is 11.8 Å². The van der Waals surface area contributed by atoms with Gasteiger partial charge in [0.05, 0.1) is 18.6 Å². The molecule has 166 valence electrons. The number of methoxy groups -OCH3 is 1. The van der Waals surface area contributed by atoms with E-state index in [-0.39, 0.29) is 17.6 Å². The summed E-state index contributed by atoms with van der Waals surface area (Å²) in [7, 11) is 3.58. The summed E-state index contributed by atoms with van der Waals surface area (Å²) < 4.78 is 5.36. The van der Waals surface area contributed by atoms with Crippen LogP contribution in [0.3, 0.4) is 0 Å². The van der Waals surface area contributed by atoms with E-state index in [4.69, 9.17) is 27.9 Å². The van der Waals surface area contributed by atoms with Gasteiger partial charge in [0.15, 0.2) is 0 Å². The van der Waals surface area contributed by atoms with E-state index in [0.29, 0.717) is 45.9 Å². The van der Waals surface area contributed by atoms with Gasteiger partial charge in [-0.3, -0.25) is 9.59 Å². The smallest absolute Gasteiger partial charge is 0.254 e. The van der Waals surface area contributed by atoms with Crippen LogP contribution in [-0.4, -0.2) is 67.7 Å². The Morgan fingerprint density at radius 2 is 1.84 bits per heavy atom. The minimum atomic E-state index is -0.183. The number of amides is 2. The number of carbonyl (C=O) groups excluding carboxylic acids is 2. The summed E-state index contributed by atoms with van der Waals surface area (Å²) in [5.74, 6) is 1.10. The van der Waals surface area contributed by atoms with Gasteiger partial charge in [-0.25, -0.2) is 0 Å². The van der Waals surface area contributed by atoms with E-state index in [0.717, 1.165) is 18.7 Å². The molecule has 1 aliphatic rings. The standard InChI is InChI=1S/C22H25Cl2N3O3S/c1-26-7-9-27(10-8-26)22(29)15-4-6-20(30-2)19(11-15)25-21(28)14-31-13-16-3-5-17(23)12-18(16)24/h3-6,11-12H,7-10,13-14H2,1-2H3,(H,25,28). The number of thioether (sulfide) groups is 1. The van der Waals surface area contributed by atoms with Crippen LogP contribution in [0.2, 0.25) is 10.0 Å². The molecule has 0 unspecified atom stereocenters. The molecule has 0 bridgehead atoms. The summed E-state index contributed by atoms with van der Waals surface area (Å²) in [5.41, 5.74) is 1.93. The van der Waals surface area contributed by atoms with Crippen molar-refractivity contribution in [2.24, 2.45) is 0 Å². The fraction of sp³-hybridized carbons (Fsp3) is 0.364. The average Bonchev–Trinajstić information content (AvgIpc) is 2.75. The highest BCUT2D eigenvalue weighted by Gasteiger charge is 2.21. The Kier molecular flexibility index (Phi) is 8.49. The van der Waals surface area contributed by atoms with Gasteiger partial charge in [-0.05, 0) is 42.9 Å². The van der Waals surface area contributed by atoms with Crippen LogP contribution in [-0.2, 0) is 10.5 Å². The Labute approximate surface area is 196 Å². The van der Waals surface area contributed by atoms with Crippen molar-refractivity contribution in [3.63, 3.8) is 0 Å². The lowest BCUT2D eigenvalue weighted by Gasteiger charge is -2.32. The second-order valence-electron chi connectivity index (χ2n) is 7.29. The number of piperazine rings is 1. The Morgan fingerprint density at radius 1 is 1.10 bits per heavy atom. The molecule has 0 aromatic heterocycles. The first kappa shape index (κ1) is 23.7. The first-order chi connectivity index (χ1) is 14.9. The lowest BCUT2D eigenvalue weighted by molar-refractivity contribution is -0.113. The number of benzene rings is 2. The van der Waals surface area contributed by atoms with E-state index in [1.54, 1.807) is 30.3 Å². The molecule has 0 atom stereocenters. The number of carbonyl (C=O) groups is 2. The van der Waals surface area contributed by atoms with E-state index < -0.39 is 0 Å². The van der Waals surface area contributed by atoms with Crippen LogP contribution in [0.4, 0.5) is 5.69 Å². The quantitative estimate of drug-likeness (QED) is 0.639. The van der Waals surface area contributed by atoms with Crippen molar-refractivity contribution >= 4 is 52.5 Å². The molecular formula is C22H25Cl2N3O3S. The minimum absolute atomic E-state index is 0.0435. The lowest BCUT2D eigenvalue weighted by Crippen LogP contribution is -2.47. The molecule has 0 aliphatic carbocycles. The highest BCUT2D eigenvalue weighted by molar-refractivity contribution is 7.99. The molecular weight excluding hydrogens is 457 g/mol. The maximum atomic E-state index is 12.9. The molecule has 0 spiro atoms. The maximum absolute atomic E-state index is 12.9. The summed E-state index contributed by atoms with van der Waals surface area (Å²) in [4.78, 5) is 29.4. The number of rotatable bonds is 7. The van der Waals surface area contributed by atoms with Crippen molar-refractivity contribution in [1.82, 2.24) is 9.80 Å². The minimum Gasteiger partial charge on any atom is -0.495 e. The van der Waals surface area contributed by atoms with Crippen LogP contribution < -0.4 is 10.1 Å². The molecule has 9 heteroatoms. The molecule has 1 fully saturated rings. The van der Waals surface area contributed by atoms with Crippen molar-refractivity contribution < 1.29 is 14.3 Å². The normalized spacial score (nSPS) is 14.4. The Balaban J connectivity index is 1.60. The Hall–Kier alpha value is -1.93. The van der Waals surface area contributed by atoms with Crippen molar-refractivity contribution in [3.8, 4) is 5.75 Å². The second kappa shape index (κ2) is 11.1.